The molecule has 0 bridgehead atoms. The maximum Gasteiger partial charge on any atom is 0.338 e. The Balaban J connectivity index is 2.15. The highest BCUT2D eigenvalue weighted by molar-refractivity contribution is 7.90. The van der Waals surface area contributed by atoms with E-state index in [0.717, 1.165) is 17.6 Å². The van der Waals surface area contributed by atoms with Gasteiger partial charge in [-0.3, -0.25) is 10.1 Å². The summed E-state index contributed by atoms with van der Waals surface area (Å²) in [7, 11) is -3.43. The van der Waals surface area contributed by atoms with Gasteiger partial charge in [-0.1, -0.05) is 17.4 Å². The minimum absolute atomic E-state index is 0.0289. The van der Waals surface area contributed by atoms with E-state index in [0.29, 0.717) is 11.1 Å². The van der Waals surface area contributed by atoms with Crippen LogP contribution in [0.5, 0.6) is 0 Å². The van der Waals surface area contributed by atoms with Crippen LogP contribution in [0.2, 0.25) is 0 Å². The van der Waals surface area contributed by atoms with Gasteiger partial charge in [0, 0.05) is 23.3 Å². The van der Waals surface area contributed by atoms with E-state index in [-0.39, 0.29) is 22.1 Å². The van der Waals surface area contributed by atoms with Crippen LogP contribution in [0.3, 0.4) is 0 Å². The van der Waals surface area contributed by atoms with Gasteiger partial charge >= 0.3 is 11.0 Å². The molecule has 0 aliphatic rings. The Morgan fingerprint density at radius 3 is 2.61 bits per heavy atom. The molecule has 1 aromatic carbocycles. The summed E-state index contributed by atoms with van der Waals surface area (Å²) in [6, 6.07) is 5.55. The van der Waals surface area contributed by atoms with Crippen molar-refractivity contribution in [1.29, 1.82) is 0 Å². The van der Waals surface area contributed by atoms with Gasteiger partial charge in [0.05, 0.1) is 15.4 Å². The normalized spacial score (nSPS) is 11.2. The summed E-state index contributed by atoms with van der Waals surface area (Å²) in [5.74, 6) is -0.679. The Hall–Kier alpha value is -2.26. The first-order valence-electron chi connectivity index (χ1n) is 6.38. The molecule has 0 N–H and O–H groups in total. The van der Waals surface area contributed by atoms with Gasteiger partial charge in [0.15, 0.2) is 9.84 Å². The molecule has 0 aliphatic carbocycles. The predicted octanol–water partition coefficient (Wildman–Crippen LogP) is 2.73. The second kappa shape index (κ2) is 6.47. The number of benzene rings is 1. The van der Waals surface area contributed by atoms with Gasteiger partial charge in [0.1, 0.15) is 6.61 Å². The summed E-state index contributed by atoms with van der Waals surface area (Å²) in [4.78, 5) is 22.2. The van der Waals surface area contributed by atoms with Gasteiger partial charge < -0.3 is 4.74 Å². The third kappa shape index (κ3) is 4.14. The van der Waals surface area contributed by atoms with E-state index in [4.69, 9.17) is 4.74 Å². The number of nitro groups is 1. The molecule has 0 amide bonds. The van der Waals surface area contributed by atoms with Crippen molar-refractivity contribution >= 4 is 32.1 Å². The number of carbonyl (C=O) groups excluding carboxylic acids is 1. The zero-order chi connectivity index (χ0) is 17.2. The molecule has 1 aromatic heterocycles. The lowest BCUT2D eigenvalue weighted by atomic mass is 10.1. The Kier molecular flexibility index (Phi) is 4.81. The molecule has 0 saturated carbocycles. The van der Waals surface area contributed by atoms with Crippen LogP contribution in [-0.2, 0) is 21.2 Å². The van der Waals surface area contributed by atoms with E-state index >= 15 is 0 Å². The standard InChI is InChI=1S/C14H13NO6S2/c1-9-3-4-11(23(2,19)20)6-12(9)14(16)21-7-10-5-13(15(17)18)22-8-10/h3-6,8H,7H2,1-2H3. The SMILES string of the molecule is Cc1ccc(S(C)(=O)=O)cc1C(=O)OCc1csc([N+](=O)[O-])c1. The van der Waals surface area contributed by atoms with Gasteiger partial charge in [-0.25, -0.2) is 13.2 Å². The van der Waals surface area contributed by atoms with Crippen LogP contribution in [-0.4, -0.2) is 25.6 Å². The number of esters is 1. The lowest BCUT2D eigenvalue weighted by Crippen LogP contribution is -2.09. The molecule has 23 heavy (non-hydrogen) atoms. The highest BCUT2D eigenvalue weighted by Gasteiger charge is 2.17. The lowest BCUT2D eigenvalue weighted by Gasteiger charge is -2.08. The van der Waals surface area contributed by atoms with Crippen LogP contribution in [0.25, 0.3) is 0 Å². The summed E-state index contributed by atoms with van der Waals surface area (Å²) in [6.45, 7) is 1.55. The van der Waals surface area contributed by atoms with Gasteiger partial charge in [0.25, 0.3) is 0 Å². The van der Waals surface area contributed by atoms with Crippen molar-refractivity contribution in [3.8, 4) is 0 Å². The third-order valence-corrected chi connectivity index (χ3v) is 5.09. The Morgan fingerprint density at radius 2 is 2.04 bits per heavy atom. The van der Waals surface area contributed by atoms with Gasteiger partial charge in [-0.05, 0) is 24.6 Å². The van der Waals surface area contributed by atoms with E-state index in [1.807, 2.05) is 0 Å². The van der Waals surface area contributed by atoms with Crippen molar-refractivity contribution in [1.82, 2.24) is 0 Å². The smallest absolute Gasteiger partial charge is 0.338 e. The van der Waals surface area contributed by atoms with E-state index in [1.165, 1.54) is 29.6 Å². The van der Waals surface area contributed by atoms with E-state index in [9.17, 15) is 23.3 Å². The molecule has 0 spiro atoms. The fourth-order valence-corrected chi connectivity index (χ4v) is 3.17. The fraction of sp³-hybridized carbons (Fsp3) is 0.214. The van der Waals surface area contributed by atoms with E-state index in [2.05, 4.69) is 0 Å². The Labute approximate surface area is 136 Å². The number of ether oxygens (including phenoxy) is 1. The van der Waals surface area contributed by atoms with Gasteiger partial charge in [-0.15, -0.1) is 0 Å². The molecule has 2 aromatic rings. The van der Waals surface area contributed by atoms with Crippen LogP contribution < -0.4 is 0 Å². The number of carbonyl (C=O) groups is 1. The van der Waals surface area contributed by atoms with E-state index < -0.39 is 20.7 Å². The summed E-state index contributed by atoms with van der Waals surface area (Å²) in [5.41, 5.74) is 1.24. The first-order chi connectivity index (χ1) is 10.7. The highest BCUT2D eigenvalue weighted by Crippen LogP contribution is 2.23. The number of nitrogens with zero attached hydrogens (tertiary/aromatic N) is 1. The first kappa shape index (κ1) is 17.1. The molecule has 122 valence electrons. The van der Waals surface area contributed by atoms with Crippen LogP contribution in [0.1, 0.15) is 21.5 Å². The molecule has 2 rings (SSSR count). The van der Waals surface area contributed by atoms with Gasteiger partial charge in [-0.2, -0.15) is 0 Å². The van der Waals surface area contributed by atoms with Crippen LogP contribution in [0, 0.1) is 17.0 Å². The number of aryl methyl sites for hydroxylation is 1. The molecule has 0 saturated heterocycles. The predicted molar refractivity (Wildman–Crippen MR) is 84.4 cm³/mol. The number of rotatable bonds is 5. The van der Waals surface area contributed by atoms with Gasteiger partial charge in [0.2, 0.25) is 0 Å². The van der Waals surface area contributed by atoms with Crippen molar-refractivity contribution in [3.63, 3.8) is 0 Å². The molecule has 0 fully saturated rings. The summed E-state index contributed by atoms with van der Waals surface area (Å²) in [6.07, 6.45) is 1.05. The maximum absolute atomic E-state index is 12.1. The first-order valence-corrected chi connectivity index (χ1v) is 9.15. The number of hydrogen-bond donors (Lipinski definition) is 0. The molecule has 0 aliphatic heterocycles. The number of thiophene rings is 1. The molecule has 9 heteroatoms. The average molecular weight is 355 g/mol. The van der Waals surface area contributed by atoms with Crippen molar-refractivity contribution in [2.45, 2.75) is 18.4 Å². The maximum atomic E-state index is 12.1. The van der Waals surface area contributed by atoms with Crippen molar-refractivity contribution in [2.24, 2.45) is 0 Å². The Bertz CT molecular complexity index is 869. The zero-order valence-corrected chi connectivity index (χ0v) is 13.9. The van der Waals surface area contributed by atoms with Crippen LogP contribution in [0.15, 0.2) is 34.5 Å². The molecule has 1 heterocycles. The minimum atomic E-state index is -3.43. The zero-order valence-electron chi connectivity index (χ0n) is 12.3. The topological polar surface area (TPSA) is 104 Å². The second-order valence-corrected chi connectivity index (χ2v) is 7.78. The Morgan fingerprint density at radius 1 is 1.35 bits per heavy atom. The molecular weight excluding hydrogens is 342 g/mol. The van der Waals surface area contributed by atoms with Crippen molar-refractivity contribution < 1.29 is 22.9 Å². The van der Waals surface area contributed by atoms with Crippen LogP contribution in [0.4, 0.5) is 5.00 Å². The summed E-state index contributed by atoms with van der Waals surface area (Å²) in [5, 5.41) is 12.1. The molecule has 0 atom stereocenters. The molecular formula is C14H13NO6S2. The molecule has 7 nitrogen and oxygen atoms in total. The van der Waals surface area contributed by atoms with E-state index in [1.54, 1.807) is 6.92 Å². The largest absolute Gasteiger partial charge is 0.457 e. The monoisotopic (exact) mass is 355 g/mol. The van der Waals surface area contributed by atoms with Crippen molar-refractivity contribution in [2.75, 3.05) is 6.26 Å². The minimum Gasteiger partial charge on any atom is -0.457 e. The molecule has 0 radical (unpaired) electrons. The number of sulfone groups is 1. The molecule has 0 unspecified atom stereocenters. The fourth-order valence-electron chi connectivity index (χ4n) is 1.81. The quantitative estimate of drug-likeness (QED) is 0.464. The summed E-state index contributed by atoms with van der Waals surface area (Å²) >= 11 is 0.944. The second-order valence-electron chi connectivity index (χ2n) is 4.88. The summed E-state index contributed by atoms with van der Waals surface area (Å²) < 4.78 is 28.2. The van der Waals surface area contributed by atoms with Crippen LogP contribution >= 0.6 is 11.3 Å². The highest BCUT2D eigenvalue weighted by atomic mass is 32.2. The third-order valence-electron chi connectivity index (χ3n) is 3.05. The van der Waals surface area contributed by atoms with Crippen molar-refractivity contribution in [3.05, 3.63) is 56.5 Å². The lowest BCUT2D eigenvalue weighted by molar-refractivity contribution is -0.380. The number of hydrogen-bond acceptors (Lipinski definition) is 7. The average Bonchev–Trinajstić information content (AvgIpc) is 2.93.